The van der Waals surface area contributed by atoms with Gasteiger partial charge in [0.15, 0.2) is 0 Å². The van der Waals surface area contributed by atoms with E-state index < -0.39 is 40.4 Å². The van der Waals surface area contributed by atoms with Crippen LogP contribution in [-0.2, 0) is 13.6 Å². The number of hydrogen-bond donors (Lipinski definition) is 3. The van der Waals surface area contributed by atoms with Gasteiger partial charge in [0, 0.05) is 0 Å². The minimum Gasteiger partial charge on any atom is -0.511 e. The number of carbonyl (C=O) groups is 2. The van der Waals surface area contributed by atoms with Gasteiger partial charge in [-0.2, -0.15) is 0 Å². The first-order valence-electron chi connectivity index (χ1n) is 5.45. The Kier molecular flexibility index (Phi) is 5.81. The van der Waals surface area contributed by atoms with Gasteiger partial charge in [0.05, 0.1) is 17.7 Å². The molecule has 0 saturated carbocycles. The maximum Gasteiger partial charge on any atom is 0.765 e. The van der Waals surface area contributed by atoms with Crippen molar-refractivity contribution in [2.45, 2.75) is 6.10 Å². The van der Waals surface area contributed by atoms with E-state index in [1.165, 1.54) is 24.3 Å². The summed E-state index contributed by atoms with van der Waals surface area (Å²) in [5.41, 5.74) is -0.386. The van der Waals surface area contributed by atoms with Gasteiger partial charge in [-0.1, -0.05) is 12.1 Å². The molecule has 1 rings (SSSR count). The van der Waals surface area contributed by atoms with Gasteiger partial charge in [-0.05, 0) is 12.1 Å². The zero-order chi connectivity index (χ0) is 15.1. The van der Waals surface area contributed by atoms with E-state index in [-0.39, 0.29) is 11.1 Å². The molecule has 0 bridgehead atoms. The van der Waals surface area contributed by atoms with Crippen LogP contribution in [0.25, 0.3) is 0 Å². The molecule has 20 heavy (non-hydrogen) atoms. The largest absolute Gasteiger partial charge is 0.765 e. The summed E-state index contributed by atoms with van der Waals surface area (Å²) in [6, 6.07) is 5.44. The van der Waals surface area contributed by atoms with Crippen molar-refractivity contribution in [3.63, 3.8) is 0 Å². The summed E-state index contributed by atoms with van der Waals surface area (Å²) in [4.78, 5) is 31.2. The second kappa shape index (κ2) is 7.36. The Morgan fingerprint density at radius 3 is 2.35 bits per heavy atom. The number of aliphatic hydroxyl groups is 1. The Bertz CT molecular complexity index is 515. The standard InChI is InChI=1S/C11H12O8Si/c12-5-7(19-20(16)17)6-18-11(15)9-4-2-1-3-8(9)10(13)14/h1-4,7,12,16H,5-6H2,(H,13,14). The number of aromatic carboxylic acids is 1. The molecule has 1 atom stereocenters. The van der Waals surface area contributed by atoms with E-state index in [0.29, 0.717) is 0 Å². The van der Waals surface area contributed by atoms with E-state index in [9.17, 15) is 14.1 Å². The molecule has 0 saturated heterocycles. The highest BCUT2D eigenvalue weighted by molar-refractivity contribution is 6.24. The number of esters is 1. The number of rotatable bonds is 7. The predicted octanol–water partition coefficient (Wildman–Crippen LogP) is -0.673. The third-order valence-corrected chi connectivity index (χ3v) is 2.78. The molecule has 0 aliphatic rings. The molecule has 0 spiro atoms. The van der Waals surface area contributed by atoms with Crippen LogP contribution in [0.2, 0.25) is 0 Å². The van der Waals surface area contributed by atoms with Gasteiger partial charge in [0.25, 0.3) is 0 Å². The molecule has 0 radical (unpaired) electrons. The van der Waals surface area contributed by atoms with Gasteiger partial charge in [-0.3, -0.25) is 4.46 Å². The van der Waals surface area contributed by atoms with Gasteiger partial charge in [0.1, 0.15) is 12.7 Å². The number of ether oxygens (including phenoxy) is 1. The smallest absolute Gasteiger partial charge is 0.511 e. The highest BCUT2D eigenvalue weighted by Gasteiger charge is 2.20. The number of benzene rings is 1. The van der Waals surface area contributed by atoms with E-state index in [2.05, 4.69) is 4.43 Å². The first-order chi connectivity index (χ1) is 9.45. The van der Waals surface area contributed by atoms with Crippen molar-refractivity contribution in [3.05, 3.63) is 35.4 Å². The van der Waals surface area contributed by atoms with E-state index in [0.717, 1.165) is 0 Å². The Balaban J connectivity index is 2.72. The van der Waals surface area contributed by atoms with Crippen LogP contribution >= 0.6 is 0 Å². The Labute approximate surface area is 115 Å². The van der Waals surface area contributed by atoms with E-state index in [1.807, 2.05) is 0 Å². The molecule has 0 fully saturated rings. The number of hydrogen-bond acceptors (Lipinski definition) is 6. The van der Waals surface area contributed by atoms with Crippen LogP contribution in [0.3, 0.4) is 0 Å². The number of carbonyl (C=O) groups excluding carboxylic acids is 1. The molecule has 9 heteroatoms. The molecule has 0 amide bonds. The fraction of sp³-hybridized carbons (Fsp3) is 0.273. The minimum atomic E-state index is -3.27. The summed E-state index contributed by atoms with van der Waals surface area (Å²) in [7, 11) is -3.27. The van der Waals surface area contributed by atoms with Crippen molar-refractivity contribution in [2.24, 2.45) is 0 Å². The number of carboxylic acid groups (broad SMARTS) is 1. The molecule has 8 nitrogen and oxygen atoms in total. The van der Waals surface area contributed by atoms with Crippen LogP contribution in [0.4, 0.5) is 0 Å². The van der Waals surface area contributed by atoms with Crippen molar-refractivity contribution >= 4 is 21.1 Å². The van der Waals surface area contributed by atoms with E-state index >= 15 is 0 Å². The van der Waals surface area contributed by atoms with Crippen molar-refractivity contribution in [2.75, 3.05) is 13.2 Å². The molecule has 0 aliphatic heterocycles. The van der Waals surface area contributed by atoms with Crippen molar-refractivity contribution in [1.29, 1.82) is 0 Å². The lowest BCUT2D eigenvalue weighted by molar-refractivity contribution is 0.00858. The number of carboxylic acids is 1. The predicted molar refractivity (Wildman–Crippen MR) is 64.3 cm³/mol. The molecule has 3 N–H and O–H groups in total. The van der Waals surface area contributed by atoms with Crippen LogP contribution in [0.15, 0.2) is 24.3 Å². The van der Waals surface area contributed by atoms with E-state index in [4.69, 9.17) is 19.7 Å². The average molecular weight is 300 g/mol. The highest BCUT2D eigenvalue weighted by atomic mass is 28.3. The fourth-order valence-electron chi connectivity index (χ4n) is 1.36. The molecule has 108 valence electrons. The lowest BCUT2D eigenvalue weighted by Gasteiger charge is -2.14. The zero-order valence-electron chi connectivity index (χ0n) is 10.2. The summed E-state index contributed by atoms with van der Waals surface area (Å²) in [5.74, 6) is -2.21. The lowest BCUT2D eigenvalue weighted by Crippen LogP contribution is -2.29. The lowest BCUT2D eigenvalue weighted by atomic mass is 10.1. The monoisotopic (exact) mass is 300 g/mol. The van der Waals surface area contributed by atoms with Gasteiger partial charge in [-0.15, -0.1) is 0 Å². The molecule has 0 aliphatic carbocycles. The molecule has 1 aromatic carbocycles. The van der Waals surface area contributed by atoms with Gasteiger partial charge in [-0.25, -0.2) is 9.59 Å². The van der Waals surface area contributed by atoms with Crippen LogP contribution in [0.1, 0.15) is 20.7 Å². The Morgan fingerprint density at radius 2 is 1.85 bits per heavy atom. The quantitative estimate of drug-likeness (QED) is 0.446. The van der Waals surface area contributed by atoms with Crippen molar-refractivity contribution in [1.82, 2.24) is 0 Å². The van der Waals surface area contributed by atoms with Crippen LogP contribution < -0.4 is 0 Å². The third kappa shape index (κ3) is 4.44. The van der Waals surface area contributed by atoms with Gasteiger partial charge in [0.2, 0.25) is 0 Å². The van der Waals surface area contributed by atoms with Crippen LogP contribution in [0.5, 0.6) is 0 Å². The number of aliphatic hydroxyl groups excluding tert-OH is 1. The average Bonchev–Trinajstić information content (AvgIpc) is 2.42. The Morgan fingerprint density at radius 1 is 1.25 bits per heavy atom. The second-order valence-corrected chi connectivity index (χ2v) is 4.41. The van der Waals surface area contributed by atoms with E-state index in [1.54, 1.807) is 0 Å². The maximum atomic E-state index is 11.7. The molecule has 1 aromatic rings. The molecule has 0 heterocycles. The third-order valence-electron chi connectivity index (χ3n) is 2.25. The van der Waals surface area contributed by atoms with Gasteiger partial charge >= 0.3 is 21.1 Å². The minimum absolute atomic E-state index is 0.159. The summed E-state index contributed by atoms with van der Waals surface area (Å²) in [6.45, 7) is -1.09. The summed E-state index contributed by atoms with van der Waals surface area (Å²) in [6.07, 6.45) is -1.15. The maximum absolute atomic E-state index is 11.7. The normalized spacial score (nSPS) is 11.4. The fourth-order valence-corrected chi connectivity index (χ4v) is 1.79. The van der Waals surface area contributed by atoms with Crippen molar-refractivity contribution in [3.8, 4) is 0 Å². The molecule has 1 unspecified atom stereocenters. The van der Waals surface area contributed by atoms with Gasteiger partial charge < -0.3 is 24.2 Å². The zero-order valence-corrected chi connectivity index (χ0v) is 11.2. The molecule has 0 aromatic heterocycles. The van der Waals surface area contributed by atoms with Crippen LogP contribution in [0, 0.1) is 0 Å². The van der Waals surface area contributed by atoms with Crippen molar-refractivity contribution < 1.29 is 38.2 Å². The Hall–Kier alpha value is -2.26. The first-order valence-corrected chi connectivity index (χ1v) is 6.72. The SMILES string of the molecule is O=C(O)c1ccccc1C(=O)OCC(CO)O[Si](=O)O. The second-order valence-electron chi connectivity index (χ2n) is 3.64. The summed E-state index contributed by atoms with van der Waals surface area (Å²) in [5, 5.41) is 17.8. The highest BCUT2D eigenvalue weighted by Crippen LogP contribution is 2.10. The summed E-state index contributed by atoms with van der Waals surface area (Å²) >= 11 is 0. The topological polar surface area (TPSA) is 130 Å². The first kappa shape index (κ1) is 15.8. The summed E-state index contributed by atoms with van der Waals surface area (Å²) < 4.78 is 19.6. The molecular formula is C11H12O8Si. The van der Waals surface area contributed by atoms with Crippen LogP contribution in [-0.4, -0.2) is 55.4 Å². The molecular weight excluding hydrogens is 288 g/mol.